The lowest BCUT2D eigenvalue weighted by molar-refractivity contribution is -0.276. The highest BCUT2D eigenvalue weighted by molar-refractivity contribution is 5.48. The van der Waals surface area contributed by atoms with Gasteiger partial charge in [-0.3, -0.25) is 0 Å². The fourth-order valence-corrected chi connectivity index (χ4v) is 5.73. The Morgan fingerprint density at radius 3 is 2.35 bits per heavy atom. The summed E-state index contributed by atoms with van der Waals surface area (Å²) in [6.45, 7) is -0.104. The number of nitrogens with zero attached hydrogens (tertiary/aromatic N) is 1. The van der Waals surface area contributed by atoms with Crippen LogP contribution >= 0.6 is 0 Å². The molecule has 3 aliphatic rings. The van der Waals surface area contributed by atoms with Gasteiger partial charge in [0.2, 0.25) is 0 Å². The highest BCUT2D eigenvalue weighted by atomic mass is 19.4. The maximum Gasteiger partial charge on any atom is 0.573 e. The molecule has 0 amide bonds. The Kier molecular flexibility index (Phi) is 3.82. The Labute approximate surface area is 147 Å². The van der Waals surface area contributed by atoms with Gasteiger partial charge in [0.25, 0.3) is 0 Å². The van der Waals surface area contributed by atoms with E-state index in [4.69, 9.17) is 0 Å². The van der Waals surface area contributed by atoms with Gasteiger partial charge in [-0.1, -0.05) is 18.9 Å². The quantitative estimate of drug-likeness (QED) is 0.485. The Morgan fingerprint density at radius 2 is 1.65 bits per heavy atom. The van der Waals surface area contributed by atoms with Crippen molar-refractivity contribution in [3.8, 4) is 5.75 Å². The molecular weight excluding hydrogens is 360 g/mol. The van der Waals surface area contributed by atoms with E-state index in [0.717, 1.165) is 12.0 Å². The van der Waals surface area contributed by atoms with Crippen LogP contribution in [0.5, 0.6) is 5.75 Å². The maximum absolute atomic E-state index is 13.7. The lowest BCUT2D eigenvalue weighted by Gasteiger charge is -2.56. The van der Waals surface area contributed by atoms with Crippen LogP contribution in [0.25, 0.3) is 0 Å². The summed E-state index contributed by atoms with van der Waals surface area (Å²) in [5, 5.41) is 0. The maximum atomic E-state index is 13.7. The van der Waals surface area contributed by atoms with Gasteiger partial charge in [0.05, 0.1) is 0 Å². The summed E-state index contributed by atoms with van der Waals surface area (Å²) in [7, 11) is 0. The highest BCUT2D eigenvalue weighted by Gasteiger charge is 2.67. The van der Waals surface area contributed by atoms with E-state index in [9.17, 15) is 26.3 Å². The van der Waals surface area contributed by atoms with Crippen molar-refractivity contribution in [1.29, 1.82) is 0 Å². The molecule has 2 nitrogen and oxygen atoms in total. The molecule has 0 unspecified atom stereocenters. The second kappa shape index (κ2) is 5.53. The van der Waals surface area contributed by atoms with Crippen LogP contribution in [-0.2, 0) is 11.8 Å². The van der Waals surface area contributed by atoms with Crippen molar-refractivity contribution in [3.05, 3.63) is 29.3 Å². The lowest BCUT2D eigenvalue weighted by atomic mass is 9.53. The summed E-state index contributed by atoms with van der Waals surface area (Å²) in [5.74, 6) is -0.350. The number of hydrogen-bond donors (Lipinski definition) is 0. The van der Waals surface area contributed by atoms with E-state index in [1.54, 1.807) is 6.07 Å². The van der Waals surface area contributed by atoms with Gasteiger partial charge in [-0.25, -0.2) is 4.90 Å². The van der Waals surface area contributed by atoms with Crippen LogP contribution in [0.1, 0.15) is 49.7 Å². The second-order valence-corrected chi connectivity index (χ2v) is 7.56. The molecular formula is C18H19F6NO. The molecule has 26 heavy (non-hydrogen) atoms. The van der Waals surface area contributed by atoms with Crippen molar-refractivity contribution >= 4 is 0 Å². The van der Waals surface area contributed by atoms with E-state index in [2.05, 4.69) is 4.74 Å². The van der Waals surface area contributed by atoms with E-state index in [1.807, 2.05) is 0 Å². The standard InChI is InChI=1S/C18H19F6NO/c19-17(20,21)25-10-9-15-6-1-2-7-16(15,25)8-5-12-3-4-13(11-14(12)15)26-18(22,23)24/h3-4,11H,1-2,5-10H2/t15-,16+/m1/s1. The van der Waals surface area contributed by atoms with E-state index in [-0.39, 0.29) is 12.3 Å². The Hall–Kier alpha value is -1.44. The van der Waals surface area contributed by atoms with Gasteiger partial charge in [-0.2, -0.15) is 13.2 Å². The predicted molar refractivity (Wildman–Crippen MR) is 81.7 cm³/mol. The summed E-state index contributed by atoms with van der Waals surface area (Å²) < 4.78 is 83.1. The molecule has 1 saturated carbocycles. The minimum Gasteiger partial charge on any atom is -0.406 e. The first-order valence-electron chi connectivity index (χ1n) is 8.81. The summed E-state index contributed by atoms with van der Waals surface area (Å²) in [6, 6.07) is 4.18. The highest BCUT2D eigenvalue weighted by Crippen LogP contribution is 2.63. The number of hydrogen-bond acceptors (Lipinski definition) is 2. The van der Waals surface area contributed by atoms with Gasteiger partial charge in [0.1, 0.15) is 5.75 Å². The molecule has 0 aromatic heterocycles. The molecule has 1 aliphatic heterocycles. The number of ether oxygens (including phenoxy) is 1. The minimum atomic E-state index is -4.82. The monoisotopic (exact) mass is 379 g/mol. The molecule has 1 aromatic rings. The molecule has 1 heterocycles. The first kappa shape index (κ1) is 17.9. The normalized spacial score (nSPS) is 31.9. The van der Waals surface area contributed by atoms with Gasteiger partial charge in [-0.15, -0.1) is 13.2 Å². The molecule has 2 aliphatic carbocycles. The lowest BCUT2D eigenvalue weighted by Crippen LogP contribution is -2.63. The summed E-state index contributed by atoms with van der Waals surface area (Å²) >= 11 is 0. The molecule has 0 N–H and O–H groups in total. The first-order valence-corrected chi connectivity index (χ1v) is 8.81. The zero-order valence-corrected chi connectivity index (χ0v) is 14.0. The molecule has 1 saturated heterocycles. The van der Waals surface area contributed by atoms with Crippen LogP contribution in [0.3, 0.4) is 0 Å². The summed E-state index contributed by atoms with van der Waals surface area (Å²) in [4.78, 5) is 0.666. The number of rotatable bonds is 1. The topological polar surface area (TPSA) is 12.5 Å². The first-order chi connectivity index (χ1) is 12.1. The largest absolute Gasteiger partial charge is 0.573 e. The van der Waals surface area contributed by atoms with Gasteiger partial charge in [0, 0.05) is 17.5 Å². The fourth-order valence-electron chi connectivity index (χ4n) is 5.73. The van der Waals surface area contributed by atoms with E-state index in [0.29, 0.717) is 49.0 Å². The van der Waals surface area contributed by atoms with Gasteiger partial charge >= 0.3 is 12.7 Å². The van der Waals surface area contributed by atoms with Crippen molar-refractivity contribution in [1.82, 2.24) is 4.90 Å². The minimum absolute atomic E-state index is 0.104. The summed E-state index contributed by atoms with van der Waals surface area (Å²) in [6.07, 6.45) is -5.61. The van der Waals surface area contributed by atoms with Crippen molar-refractivity contribution in [2.45, 2.75) is 68.6 Å². The zero-order chi connectivity index (χ0) is 18.8. The number of benzene rings is 1. The number of fused-ring (bicyclic) bond motifs is 1. The van der Waals surface area contributed by atoms with Gasteiger partial charge in [-0.05, 0) is 55.4 Å². The van der Waals surface area contributed by atoms with Crippen molar-refractivity contribution in [2.75, 3.05) is 6.54 Å². The van der Waals surface area contributed by atoms with E-state index >= 15 is 0 Å². The van der Waals surface area contributed by atoms with Gasteiger partial charge in [0.15, 0.2) is 0 Å². The molecule has 144 valence electrons. The fraction of sp³-hybridized carbons (Fsp3) is 0.667. The molecule has 0 bridgehead atoms. The molecule has 0 spiro atoms. The van der Waals surface area contributed by atoms with Crippen LogP contribution in [0.15, 0.2) is 18.2 Å². The van der Waals surface area contributed by atoms with E-state index < -0.39 is 23.6 Å². The number of likely N-dealkylation sites (tertiary alicyclic amines) is 1. The Balaban J connectivity index is 1.83. The van der Waals surface area contributed by atoms with E-state index in [1.165, 1.54) is 12.1 Å². The second-order valence-electron chi connectivity index (χ2n) is 7.56. The average Bonchev–Trinajstić information content (AvgIpc) is 2.90. The smallest absolute Gasteiger partial charge is 0.406 e. The van der Waals surface area contributed by atoms with Crippen LogP contribution in [-0.4, -0.2) is 29.6 Å². The third-order valence-corrected chi connectivity index (χ3v) is 6.56. The molecule has 8 heteroatoms. The predicted octanol–water partition coefficient (Wildman–Crippen LogP) is 5.31. The Bertz CT molecular complexity index is 715. The van der Waals surface area contributed by atoms with Crippen molar-refractivity contribution in [3.63, 3.8) is 0 Å². The SMILES string of the molecule is FC(F)(F)Oc1ccc2c(c1)[C@]13CCCC[C@@]1(CC2)N(C(F)(F)F)CC3. The molecule has 4 rings (SSSR count). The van der Waals surface area contributed by atoms with Crippen LogP contribution in [0.2, 0.25) is 0 Å². The molecule has 0 radical (unpaired) electrons. The third-order valence-electron chi connectivity index (χ3n) is 6.56. The number of aryl methyl sites for hydroxylation is 1. The molecule has 2 fully saturated rings. The van der Waals surface area contributed by atoms with Crippen molar-refractivity contribution < 1.29 is 31.1 Å². The average molecular weight is 379 g/mol. The zero-order valence-electron chi connectivity index (χ0n) is 14.0. The summed E-state index contributed by atoms with van der Waals surface area (Å²) in [5.41, 5.74) is -0.329. The number of alkyl halides is 6. The molecule has 2 atom stereocenters. The third kappa shape index (κ3) is 2.52. The molecule has 1 aromatic carbocycles. The van der Waals surface area contributed by atoms with Crippen LogP contribution in [0.4, 0.5) is 26.3 Å². The Morgan fingerprint density at radius 1 is 0.923 bits per heavy atom. The van der Waals surface area contributed by atoms with Gasteiger partial charge < -0.3 is 4.74 Å². The van der Waals surface area contributed by atoms with Crippen LogP contribution in [0, 0.1) is 0 Å². The van der Waals surface area contributed by atoms with Crippen molar-refractivity contribution in [2.24, 2.45) is 0 Å². The van der Waals surface area contributed by atoms with Crippen LogP contribution < -0.4 is 4.74 Å². The number of halogens is 6.